The maximum atomic E-state index is 10.5. The van der Waals surface area contributed by atoms with E-state index >= 15 is 0 Å². The third kappa shape index (κ3) is 2.66. The van der Waals surface area contributed by atoms with Crippen LogP contribution in [0.1, 0.15) is 16.9 Å². The summed E-state index contributed by atoms with van der Waals surface area (Å²) in [5, 5.41) is 19.1. The molecule has 16 heavy (non-hydrogen) atoms. The van der Waals surface area contributed by atoms with Crippen LogP contribution in [0.2, 0.25) is 0 Å². The van der Waals surface area contributed by atoms with E-state index in [1.54, 1.807) is 6.07 Å². The Morgan fingerprint density at radius 1 is 1.56 bits per heavy atom. The van der Waals surface area contributed by atoms with Crippen molar-refractivity contribution < 1.29 is 14.6 Å². The number of carbonyl (C=O) groups is 1. The molecule has 0 aromatic carbocycles. The number of nitrogens with one attached hydrogen (secondary N) is 1. The Morgan fingerprint density at radius 3 is 3.00 bits per heavy atom. The van der Waals surface area contributed by atoms with Crippen molar-refractivity contribution in [3.8, 4) is 0 Å². The average Bonchev–Trinajstić information content (AvgIpc) is 2.80. The highest BCUT2D eigenvalue weighted by Crippen LogP contribution is 2.12. The first kappa shape index (κ1) is 10.8. The lowest BCUT2D eigenvalue weighted by atomic mass is 10.1. The van der Waals surface area contributed by atoms with Gasteiger partial charge in [-0.3, -0.25) is 0 Å². The van der Waals surface area contributed by atoms with Gasteiger partial charge in [0.05, 0.1) is 6.61 Å². The van der Waals surface area contributed by atoms with Crippen LogP contribution < -0.4 is 5.32 Å². The lowest BCUT2D eigenvalue weighted by Gasteiger charge is -2.08. The average molecular weight is 223 g/mol. The number of hydrogen-bond donors (Lipinski definition) is 2. The van der Waals surface area contributed by atoms with Crippen molar-refractivity contribution in [2.45, 2.75) is 6.42 Å². The second kappa shape index (κ2) is 4.89. The molecule has 1 aromatic heterocycles. The Labute approximate surface area is 92.6 Å². The Balaban J connectivity index is 1.87. The quantitative estimate of drug-likeness (QED) is 0.778. The van der Waals surface area contributed by atoms with E-state index < -0.39 is 5.97 Å². The number of anilines is 1. The fraction of sp³-hybridized carbons (Fsp3) is 0.500. The highest BCUT2D eigenvalue weighted by molar-refractivity contribution is 5.85. The molecule has 0 radical (unpaired) electrons. The second-order valence-corrected chi connectivity index (χ2v) is 3.72. The minimum absolute atomic E-state index is 0.0465. The summed E-state index contributed by atoms with van der Waals surface area (Å²) in [6, 6.07) is 3.05. The van der Waals surface area contributed by atoms with E-state index in [1.165, 1.54) is 6.07 Å². The van der Waals surface area contributed by atoms with Crippen molar-refractivity contribution in [3.05, 3.63) is 17.8 Å². The van der Waals surface area contributed by atoms with Crippen LogP contribution >= 0.6 is 0 Å². The van der Waals surface area contributed by atoms with Gasteiger partial charge in [-0.2, -0.15) is 0 Å². The van der Waals surface area contributed by atoms with Crippen LogP contribution in [0.25, 0.3) is 0 Å². The van der Waals surface area contributed by atoms with E-state index in [0.29, 0.717) is 11.7 Å². The van der Waals surface area contributed by atoms with Gasteiger partial charge in [-0.25, -0.2) is 4.79 Å². The predicted molar refractivity (Wildman–Crippen MR) is 56.4 cm³/mol. The fourth-order valence-electron chi connectivity index (χ4n) is 1.53. The molecule has 2 heterocycles. The zero-order valence-electron chi connectivity index (χ0n) is 8.72. The van der Waals surface area contributed by atoms with Gasteiger partial charge in [-0.1, -0.05) is 0 Å². The van der Waals surface area contributed by atoms with Gasteiger partial charge in [0.15, 0.2) is 5.69 Å². The molecule has 86 valence electrons. The Bertz CT molecular complexity index is 360. The number of aromatic nitrogens is 2. The molecule has 1 fully saturated rings. The summed E-state index contributed by atoms with van der Waals surface area (Å²) >= 11 is 0. The summed E-state index contributed by atoms with van der Waals surface area (Å²) in [4.78, 5) is 10.5. The number of nitrogens with zero attached hydrogens (tertiary/aromatic N) is 2. The topological polar surface area (TPSA) is 84.3 Å². The zero-order chi connectivity index (χ0) is 11.4. The van der Waals surface area contributed by atoms with Crippen molar-refractivity contribution >= 4 is 11.8 Å². The molecule has 1 atom stereocenters. The lowest BCUT2D eigenvalue weighted by Crippen LogP contribution is -2.15. The molecule has 2 N–H and O–H groups in total. The Hall–Kier alpha value is -1.69. The summed E-state index contributed by atoms with van der Waals surface area (Å²) in [7, 11) is 0. The minimum atomic E-state index is -1.07. The first-order chi connectivity index (χ1) is 7.75. The predicted octanol–water partition coefficient (Wildman–Crippen LogP) is 0.623. The van der Waals surface area contributed by atoms with Gasteiger partial charge in [-0.05, 0) is 18.6 Å². The molecular weight excluding hydrogens is 210 g/mol. The van der Waals surface area contributed by atoms with Crippen LogP contribution in [0.3, 0.4) is 0 Å². The molecule has 0 spiro atoms. The lowest BCUT2D eigenvalue weighted by molar-refractivity contribution is 0.0689. The normalized spacial score (nSPS) is 19.6. The number of rotatable bonds is 4. The van der Waals surface area contributed by atoms with Crippen LogP contribution in [0, 0.1) is 5.92 Å². The molecule has 1 unspecified atom stereocenters. The van der Waals surface area contributed by atoms with Crippen LogP contribution in [0.5, 0.6) is 0 Å². The van der Waals surface area contributed by atoms with Crippen LogP contribution in [-0.2, 0) is 4.74 Å². The van der Waals surface area contributed by atoms with Crippen molar-refractivity contribution in [2.75, 3.05) is 25.1 Å². The minimum Gasteiger partial charge on any atom is -0.476 e. The molecular formula is C10H13N3O3. The van der Waals surface area contributed by atoms with Crippen molar-refractivity contribution in [1.82, 2.24) is 10.2 Å². The molecule has 0 saturated carbocycles. The molecule has 1 saturated heterocycles. The second-order valence-electron chi connectivity index (χ2n) is 3.72. The van der Waals surface area contributed by atoms with E-state index in [-0.39, 0.29) is 5.69 Å². The van der Waals surface area contributed by atoms with Gasteiger partial charge in [-0.15, -0.1) is 10.2 Å². The molecule has 0 aliphatic carbocycles. The largest absolute Gasteiger partial charge is 0.476 e. The van der Waals surface area contributed by atoms with E-state index in [2.05, 4.69) is 15.5 Å². The van der Waals surface area contributed by atoms with Gasteiger partial charge < -0.3 is 15.2 Å². The third-order valence-corrected chi connectivity index (χ3v) is 2.48. The van der Waals surface area contributed by atoms with E-state index in [1.807, 2.05) is 0 Å². The molecule has 6 nitrogen and oxygen atoms in total. The Morgan fingerprint density at radius 2 is 2.44 bits per heavy atom. The number of aromatic carboxylic acids is 1. The molecule has 1 aliphatic rings. The van der Waals surface area contributed by atoms with Crippen molar-refractivity contribution in [2.24, 2.45) is 5.92 Å². The maximum absolute atomic E-state index is 10.5. The van der Waals surface area contributed by atoms with Gasteiger partial charge >= 0.3 is 5.97 Å². The van der Waals surface area contributed by atoms with Gasteiger partial charge in [0.2, 0.25) is 0 Å². The highest BCUT2D eigenvalue weighted by Gasteiger charge is 2.15. The Kier molecular flexibility index (Phi) is 3.31. The van der Waals surface area contributed by atoms with Crippen molar-refractivity contribution in [3.63, 3.8) is 0 Å². The number of ether oxygens (including phenoxy) is 1. The highest BCUT2D eigenvalue weighted by atomic mass is 16.5. The number of carboxylic acid groups (broad SMARTS) is 1. The number of carboxylic acids is 1. The number of hydrogen-bond acceptors (Lipinski definition) is 5. The van der Waals surface area contributed by atoms with Crippen LogP contribution in [-0.4, -0.2) is 41.0 Å². The summed E-state index contributed by atoms with van der Waals surface area (Å²) in [5.74, 6) is 0.0288. The SMILES string of the molecule is O=C(O)c1ccc(NCC2CCOC2)nn1. The summed E-state index contributed by atoms with van der Waals surface area (Å²) in [6.07, 6.45) is 1.05. The van der Waals surface area contributed by atoms with Crippen LogP contribution in [0.15, 0.2) is 12.1 Å². The van der Waals surface area contributed by atoms with E-state index in [0.717, 1.165) is 26.2 Å². The fourth-order valence-corrected chi connectivity index (χ4v) is 1.53. The molecule has 1 aliphatic heterocycles. The molecule has 0 bridgehead atoms. The van der Waals surface area contributed by atoms with Crippen molar-refractivity contribution in [1.29, 1.82) is 0 Å². The van der Waals surface area contributed by atoms with E-state index in [9.17, 15) is 4.79 Å². The smallest absolute Gasteiger partial charge is 0.356 e. The zero-order valence-corrected chi connectivity index (χ0v) is 8.72. The molecule has 2 rings (SSSR count). The van der Waals surface area contributed by atoms with E-state index in [4.69, 9.17) is 9.84 Å². The first-order valence-corrected chi connectivity index (χ1v) is 5.14. The molecule has 6 heteroatoms. The summed E-state index contributed by atoms with van der Waals surface area (Å²) in [6.45, 7) is 2.37. The summed E-state index contributed by atoms with van der Waals surface area (Å²) in [5.41, 5.74) is -0.0465. The first-order valence-electron chi connectivity index (χ1n) is 5.14. The monoisotopic (exact) mass is 223 g/mol. The van der Waals surface area contributed by atoms with Gasteiger partial charge in [0.1, 0.15) is 5.82 Å². The standard InChI is InChI=1S/C10H13N3O3/c14-10(15)8-1-2-9(13-12-8)11-5-7-3-4-16-6-7/h1-2,7H,3-6H2,(H,11,13)(H,14,15). The van der Waals surface area contributed by atoms with Crippen LogP contribution in [0.4, 0.5) is 5.82 Å². The summed E-state index contributed by atoms with van der Waals surface area (Å²) < 4.78 is 5.24. The molecule has 0 amide bonds. The third-order valence-electron chi connectivity index (χ3n) is 2.48. The molecule has 1 aromatic rings. The van der Waals surface area contributed by atoms with Gasteiger partial charge in [0.25, 0.3) is 0 Å². The van der Waals surface area contributed by atoms with Gasteiger partial charge in [0, 0.05) is 19.1 Å². The maximum Gasteiger partial charge on any atom is 0.356 e.